The van der Waals surface area contributed by atoms with E-state index < -0.39 is 0 Å². The van der Waals surface area contributed by atoms with Crippen LogP contribution < -0.4 is 10.6 Å². The number of nitrogens with two attached hydrogens (primary N) is 1. The Morgan fingerprint density at radius 3 is 2.90 bits per heavy atom. The van der Waals surface area contributed by atoms with Crippen LogP contribution in [0.25, 0.3) is 0 Å². The number of hydrogen-bond acceptors (Lipinski definition) is 3. The van der Waals surface area contributed by atoms with Gasteiger partial charge in [-0.15, -0.1) is 0 Å². The average molecular weight is 270 g/mol. The summed E-state index contributed by atoms with van der Waals surface area (Å²) < 4.78 is 1.54. The van der Waals surface area contributed by atoms with Crippen LogP contribution in [0.15, 0.2) is 24.4 Å². The zero-order chi connectivity index (χ0) is 14.3. The zero-order valence-electron chi connectivity index (χ0n) is 11.8. The van der Waals surface area contributed by atoms with E-state index in [9.17, 15) is 4.79 Å². The lowest BCUT2D eigenvalue weighted by molar-refractivity contribution is 0.0977. The minimum absolute atomic E-state index is 0.0766. The van der Waals surface area contributed by atoms with Gasteiger partial charge in [-0.05, 0) is 31.4 Å². The Hall–Kier alpha value is -2.30. The fourth-order valence-electron chi connectivity index (χ4n) is 2.78. The van der Waals surface area contributed by atoms with Crippen LogP contribution in [-0.2, 0) is 13.5 Å². The number of carbonyl (C=O) groups is 1. The molecule has 0 spiro atoms. The van der Waals surface area contributed by atoms with Crippen molar-refractivity contribution in [3.8, 4) is 0 Å². The van der Waals surface area contributed by atoms with Gasteiger partial charge in [-0.25, -0.2) is 0 Å². The quantitative estimate of drug-likeness (QED) is 0.860. The lowest BCUT2D eigenvalue weighted by Gasteiger charge is -2.29. The summed E-state index contributed by atoms with van der Waals surface area (Å²) in [4.78, 5) is 14.5. The Labute approximate surface area is 118 Å². The Balaban J connectivity index is 2.03. The molecular formula is C15H18N4O. The van der Waals surface area contributed by atoms with Crippen molar-refractivity contribution < 1.29 is 4.79 Å². The second-order valence-electron chi connectivity index (χ2n) is 5.26. The number of nitrogens with zero attached hydrogens (tertiary/aromatic N) is 3. The molecule has 5 nitrogen and oxygen atoms in total. The van der Waals surface area contributed by atoms with Gasteiger partial charge in [0.15, 0.2) is 0 Å². The lowest BCUT2D eigenvalue weighted by atomic mass is 9.99. The van der Waals surface area contributed by atoms with Gasteiger partial charge in [0.25, 0.3) is 5.91 Å². The molecule has 3 rings (SSSR count). The summed E-state index contributed by atoms with van der Waals surface area (Å²) in [6, 6.07) is 6.21. The molecule has 104 valence electrons. The van der Waals surface area contributed by atoms with Crippen molar-refractivity contribution in [2.24, 2.45) is 7.05 Å². The largest absolute Gasteiger partial charge is 0.396 e. The number of aryl methyl sites for hydroxylation is 3. The van der Waals surface area contributed by atoms with Crippen molar-refractivity contribution in [3.05, 3.63) is 41.2 Å². The SMILES string of the molecule is Cc1ccc2c(c1)CCCN2C(=O)c1c(N)cnn1C. The minimum Gasteiger partial charge on any atom is -0.396 e. The normalized spacial score (nSPS) is 14.2. The maximum Gasteiger partial charge on any atom is 0.278 e. The number of aromatic nitrogens is 2. The topological polar surface area (TPSA) is 64.2 Å². The monoisotopic (exact) mass is 270 g/mol. The third kappa shape index (κ3) is 1.95. The fourth-order valence-corrected chi connectivity index (χ4v) is 2.78. The lowest BCUT2D eigenvalue weighted by Crippen LogP contribution is -2.37. The van der Waals surface area contributed by atoms with Gasteiger partial charge in [-0.2, -0.15) is 5.10 Å². The van der Waals surface area contributed by atoms with Crippen molar-refractivity contribution >= 4 is 17.3 Å². The maximum absolute atomic E-state index is 12.7. The van der Waals surface area contributed by atoms with Gasteiger partial charge in [0, 0.05) is 19.3 Å². The molecular weight excluding hydrogens is 252 g/mol. The highest BCUT2D eigenvalue weighted by Gasteiger charge is 2.27. The molecule has 0 radical (unpaired) electrons. The first-order valence-electron chi connectivity index (χ1n) is 6.77. The summed E-state index contributed by atoms with van der Waals surface area (Å²) in [6.07, 6.45) is 3.51. The van der Waals surface area contributed by atoms with Crippen molar-refractivity contribution in [1.29, 1.82) is 0 Å². The molecule has 20 heavy (non-hydrogen) atoms. The number of rotatable bonds is 1. The van der Waals surface area contributed by atoms with Gasteiger partial charge < -0.3 is 10.6 Å². The molecule has 0 bridgehead atoms. The molecule has 1 aliphatic heterocycles. The summed E-state index contributed by atoms with van der Waals surface area (Å²) in [5.74, 6) is -0.0766. The van der Waals surface area contributed by atoms with Crippen molar-refractivity contribution in [2.75, 3.05) is 17.2 Å². The molecule has 2 heterocycles. The predicted octanol–water partition coefficient (Wildman–Crippen LogP) is 1.90. The molecule has 0 aliphatic carbocycles. The van der Waals surface area contributed by atoms with Crippen molar-refractivity contribution in [1.82, 2.24) is 9.78 Å². The Morgan fingerprint density at radius 2 is 2.20 bits per heavy atom. The smallest absolute Gasteiger partial charge is 0.278 e. The van der Waals surface area contributed by atoms with Crippen LogP contribution in [0.5, 0.6) is 0 Å². The molecule has 1 amide bonds. The molecule has 0 atom stereocenters. The van der Waals surface area contributed by atoms with E-state index in [0.717, 1.165) is 25.1 Å². The summed E-state index contributed by atoms with van der Waals surface area (Å²) in [5.41, 5.74) is 10.2. The molecule has 0 saturated carbocycles. The third-order valence-corrected chi connectivity index (χ3v) is 3.77. The van der Waals surface area contributed by atoms with E-state index in [1.54, 1.807) is 11.7 Å². The van der Waals surface area contributed by atoms with Crippen LogP contribution in [0.4, 0.5) is 11.4 Å². The summed E-state index contributed by atoms with van der Waals surface area (Å²) in [6.45, 7) is 2.79. The molecule has 2 N–H and O–H groups in total. The van der Waals surface area contributed by atoms with E-state index in [4.69, 9.17) is 5.73 Å². The van der Waals surface area contributed by atoms with E-state index >= 15 is 0 Å². The van der Waals surface area contributed by atoms with Crippen LogP contribution in [-0.4, -0.2) is 22.2 Å². The van der Waals surface area contributed by atoms with E-state index in [2.05, 4.69) is 18.1 Å². The van der Waals surface area contributed by atoms with Crippen LogP contribution >= 0.6 is 0 Å². The van der Waals surface area contributed by atoms with Gasteiger partial charge in [0.1, 0.15) is 5.69 Å². The number of anilines is 2. The molecule has 1 aromatic heterocycles. The number of nitrogen functional groups attached to an aromatic ring is 1. The van der Waals surface area contributed by atoms with Crippen LogP contribution in [0, 0.1) is 6.92 Å². The second-order valence-corrected chi connectivity index (χ2v) is 5.26. The molecule has 2 aromatic rings. The van der Waals surface area contributed by atoms with Gasteiger partial charge in [0.2, 0.25) is 0 Å². The number of hydrogen-bond donors (Lipinski definition) is 1. The number of carbonyl (C=O) groups excluding carboxylic acids is 1. The fraction of sp³-hybridized carbons (Fsp3) is 0.333. The Bertz CT molecular complexity index is 655. The molecule has 0 unspecified atom stereocenters. The highest BCUT2D eigenvalue weighted by Crippen LogP contribution is 2.29. The highest BCUT2D eigenvalue weighted by atomic mass is 16.2. The third-order valence-electron chi connectivity index (χ3n) is 3.77. The number of fused-ring (bicyclic) bond motifs is 1. The summed E-state index contributed by atoms with van der Waals surface area (Å²) in [7, 11) is 1.74. The minimum atomic E-state index is -0.0766. The molecule has 1 aromatic carbocycles. The number of benzene rings is 1. The second kappa shape index (κ2) is 4.67. The van der Waals surface area contributed by atoms with Crippen LogP contribution in [0.3, 0.4) is 0 Å². The first-order chi connectivity index (χ1) is 9.58. The highest BCUT2D eigenvalue weighted by molar-refractivity contribution is 6.08. The standard InChI is InChI=1S/C15H18N4O/c1-10-5-6-13-11(8-10)4-3-7-19(13)15(20)14-12(16)9-17-18(14)2/h5-6,8-9H,3-4,7,16H2,1-2H3. The maximum atomic E-state index is 12.7. The van der Waals surface area contributed by atoms with Gasteiger partial charge in [-0.3, -0.25) is 9.48 Å². The van der Waals surface area contributed by atoms with E-state index in [0.29, 0.717) is 11.4 Å². The van der Waals surface area contributed by atoms with Crippen LogP contribution in [0.2, 0.25) is 0 Å². The molecule has 1 aliphatic rings. The molecule has 0 saturated heterocycles. The van der Waals surface area contributed by atoms with Crippen LogP contribution in [0.1, 0.15) is 28.0 Å². The van der Waals surface area contributed by atoms with Crippen molar-refractivity contribution in [2.45, 2.75) is 19.8 Å². The van der Waals surface area contributed by atoms with E-state index in [1.807, 2.05) is 17.0 Å². The van der Waals surface area contributed by atoms with E-state index in [-0.39, 0.29) is 5.91 Å². The zero-order valence-corrected chi connectivity index (χ0v) is 11.8. The average Bonchev–Trinajstić information content (AvgIpc) is 2.76. The van der Waals surface area contributed by atoms with Crippen molar-refractivity contribution in [3.63, 3.8) is 0 Å². The first kappa shape index (κ1) is 12.7. The summed E-state index contributed by atoms with van der Waals surface area (Å²) >= 11 is 0. The van der Waals surface area contributed by atoms with Gasteiger partial charge in [-0.1, -0.05) is 17.7 Å². The molecule has 5 heteroatoms. The summed E-state index contributed by atoms with van der Waals surface area (Å²) in [5, 5.41) is 4.05. The molecule has 0 fully saturated rings. The predicted molar refractivity (Wildman–Crippen MR) is 78.8 cm³/mol. The Morgan fingerprint density at radius 1 is 1.40 bits per heavy atom. The number of amides is 1. The first-order valence-corrected chi connectivity index (χ1v) is 6.77. The Kier molecular flexibility index (Phi) is 2.97. The van der Waals surface area contributed by atoms with Gasteiger partial charge in [0.05, 0.1) is 11.9 Å². The van der Waals surface area contributed by atoms with E-state index in [1.165, 1.54) is 17.3 Å². The van der Waals surface area contributed by atoms with Gasteiger partial charge >= 0.3 is 0 Å².